The zero-order chi connectivity index (χ0) is 22.5. The van der Waals surface area contributed by atoms with Gasteiger partial charge in [-0.25, -0.2) is 4.98 Å². The number of nitrogens with zero attached hydrogens (tertiary/aromatic N) is 1. The Morgan fingerprint density at radius 2 is 1.78 bits per heavy atom. The van der Waals surface area contributed by atoms with E-state index in [9.17, 15) is 18.0 Å². The molecule has 2 aromatic rings. The van der Waals surface area contributed by atoms with Gasteiger partial charge in [-0.15, -0.1) is 0 Å². The number of carbonyl (C=O) groups is 1. The number of allylic oxidation sites excluding steroid dienone is 2. The molecule has 4 nitrogen and oxygen atoms in total. The summed E-state index contributed by atoms with van der Waals surface area (Å²) >= 11 is 6.09. The van der Waals surface area contributed by atoms with Crippen molar-refractivity contribution in [3.8, 4) is 0 Å². The summed E-state index contributed by atoms with van der Waals surface area (Å²) in [5, 5.41) is 7.54. The number of hydrogen-bond acceptors (Lipinski definition) is 3. The van der Waals surface area contributed by atoms with Crippen LogP contribution in [-0.4, -0.2) is 23.0 Å². The zero-order valence-corrected chi connectivity index (χ0v) is 18.2. The molecule has 1 aromatic carbocycles. The molecule has 0 unspecified atom stereocenters. The van der Waals surface area contributed by atoms with Crippen LogP contribution < -0.4 is 10.6 Å². The lowest BCUT2D eigenvalue weighted by Gasteiger charge is -2.32. The number of alkyl halides is 3. The van der Waals surface area contributed by atoms with E-state index >= 15 is 0 Å². The molecule has 2 fully saturated rings. The van der Waals surface area contributed by atoms with E-state index in [0.717, 1.165) is 44.6 Å². The van der Waals surface area contributed by atoms with Crippen molar-refractivity contribution >= 4 is 34.1 Å². The number of benzene rings is 1. The van der Waals surface area contributed by atoms with Crippen LogP contribution in [0.2, 0.25) is 5.02 Å². The molecule has 1 amide bonds. The van der Waals surface area contributed by atoms with E-state index in [1.165, 1.54) is 6.07 Å². The minimum absolute atomic E-state index is 0.0271. The molecular weight excluding hydrogens is 439 g/mol. The topological polar surface area (TPSA) is 54.0 Å². The van der Waals surface area contributed by atoms with E-state index in [-0.39, 0.29) is 29.4 Å². The maximum absolute atomic E-state index is 13.3. The van der Waals surface area contributed by atoms with Crippen LogP contribution >= 0.6 is 11.6 Å². The number of nitrogens with one attached hydrogen (secondary N) is 2. The number of carbonyl (C=O) groups excluding carboxylic acids is 1. The molecule has 5 rings (SSSR count). The third-order valence-corrected chi connectivity index (χ3v) is 7.35. The molecule has 2 N–H and O–H groups in total. The van der Waals surface area contributed by atoms with Crippen LogP contribution in [0.25, 0.3) is 10.9 Å². The van der Waals surface area contributed by atoms with E-state index in [2.05, 4.69) is 27.8 Å². The summed E-state index contributed by atoms with van der Waals surface area (Å²) < 4.78 is 40.0. The van der Waals surface area contributed by atoms with Gasteiger partial charge in [-0.05, 0) is 74.6 Å². The van der Waals surface area contributed by atoms with Crippen LogP contribution in [0.5, 0.6) is 0 Å². The maximum Gasteiger partial charge on any atom is 0.433 e. The van der Waals surface area contributed by atoms with Crippen LogP contribution in [0.4, 0.5) is 18.9 Å². The number of rotatable bonds is 4. The van der Waals surface area contributed by atoms with Crippen LogP contribution in [0.15, 0.2) is 36.4 Å². The van der Waals surface area contributed by atoms with Gasteiger partial charge in [0, 0.05) is 34.1 Å². The van der Waals surface area contributed by atoms with Crippen molar-refractivity contribution in [2.24, 2.45) is 17.8 Å². The summed E-state index contributed by atoms with van der Waals surface area (Å²) in [6.45, 7) is 0. The number of hydrogen-bond donors (Lipinski definition) is 2. The Bertz CT molecular complexity index is 1060. The van der Waals surface area contributed by atoms with E-state index in [1.54, 1.807) is 12.1 Å². The highest BCUT2D eigenvalue weighted by Crippen LogP contribution is 2.43. The van der Waals surface area contributed by atoms with Crippen molar-refractivity contribution in [3.63, 3.8) is 0 Å². The molecule has 2 bridgehead atoms. The number of pyridine rings is 1. The lowest BCUT2D eigenvalue weighted by Crippen LogP contribution is -2.43. The van der Waals surface area contributed by atoms with E-state index in [1.807, 2.05) is 0 Å². The molecule has 170 valence electrons. The SMILES string of the molecule is O=C(NC1CCC(Nc2cc(C(F)(F)F)nc3ccc(Cl)cc23)CC1)[C@H]1C[C@H]2C=C[C@@H]1C2. The number of anilines is 1. The van der Waals surface area contributed by atoms with Crippen molar-refractivity contribution in [1.82, 2.24) is 10.3 Å². The van der Waals surface area contributed by atoms with Crippen molar-refractivity contribution in [2.75, 3.05) is 5.32 Å². The first kappa shape index (κ1) is 21.6. The average Bonchev–Trinajstić information content (AvgIpc) is 3.38. The first-order valence-electron chi connectivity index (χ1n) is 11.2. The molecule has 0 radical (unpaired) electrons. The molecule has 3 aliphatic carbocycles. The quantitative estimate of drug-likeness (QED) is 0.550. The molecule has 0 aliphatic heterocycles. The Morgan fingerprint density at radius 1 is 1.03 bits per heavy atom. The van der Waals surface area contributed by atoms with Crippen LogP contribution in [0.1, 0.15) is 44.2 Å². The number of amides is 1. The van der Waals surface area contributed by atoms with Gasteiger partial charge in [0.25, 0.3) is 0 Å². The highest BCUT2D eigenvalue weighted by Gasteiger charge is 2.40. The highest BCUT2D eigenvalue weighted by molar-refractivity contribution is 6.31. The summed E-state index contributed by atoms with van der Waals surface area (Å²) in [6, 6.07) is 5.91. The van der Waals surface area contributed by atoms with Gasteiger partial charge in [0.1, 0.15) is 5.69 Å². The first-order chi connectivity index (χ1) is 15.3. The summed E-state index contributed by atoms with van der Waals surface area (Å²) in [4.78, 5) is 16.5. The molecule has 32 heavy (non-hydrogen) atoms. The number of halogens is 4. The molecule has 3 atom stereocenters. The fourth-order valence-electron chi connectivity index (χ4n) is 5.46. The number of aromatic nitrogens is 1. The van der Waals surface area contributed by atoms with Gasteiger partial charge >= 0.3 is 6.18 Å². The highest BCUT2D eigenvalue weighted by atomic mass is 35.5. The van der Waals surface area contributed by atoms with Gasteiger partial charge in [-0.3, -0.25) is 4.79 Å². The van der Waals surface area contributed by atoms with Gasteiger partial charge in [0.05, 0.1) is 5.52 Å². The van der Waals surface area contributed by atoms with Gasteiger partial charge in [0.15, 0.2) is 0 Å². The normalized spacial score (nSPS) is 29.4. The second-order valence-electron chi connectivity index (χ2n) is 9.30. The second kappa shape index (κ2) is 8.25. The third-order valence-electron chi connectivity index (χ3n) is 7.11. The largest absolute Gasteiger partial charge is 0.433 e. The van der Waals surface area contributed by atoms with Crippen molar-refractivity contribution in [1.29, 1.82) is 0 Å². The van der Waals surface area contributed by atoms with Gasteiger partial charge in [-0.1, -0.05) is 23.8 Å². The van der Waals surface area contributed by atoms with Crippen LogP contribution in [-0.2, 0) is 11.0 Å². The first-order valence-corrected chi connectivity index (χ1v) is 11.6. The minimum atomic E-state index is -4.53. The average molecular weight is 464 g/mol. The monoisotopic (exact) mass is 463 g/mol. The fraction of sp³-hybridized carbons (Fsp3) is 0.500. The fourth-order valence-corrected chi connectivity index (χ4v) is 5.63. The Hall–Kier alpha value is -2.28. The number of fused-ring (bicyclic) bond motifs is 3. The molecule has 0 saturated heterocycles. The zero-order valence-electron chi connectivity index (χ0n) is 17.5. The van der Waals surface area contributed by atoms with Crippen molar-refractivity contribution in [3.05, 3.63) is 47.1 Å². The molecule has 0 spiro atoms. The molecular formula is C24H25ClF3N3O. The predicted octanol–water partition coefficient (Wildman–Crippen LogP) is 5.96. The van der Waals surface area contributed by atoms with E-state index in [4.69, 9.17) is 11.6 Å². The minimum Gasteiger partial charge on any atom is -0.382 e. The van der Waals surface area contributed by atoms with Gasteiger partial charge in [0.2, 0.25) is 5.91 Å². The Balaban J connectivity index is 1.24. The summed E-state index contributed by atoms with van der Waals surface area (Å²) in [7, 11) is 0. The lowest BCUT2D eigenvalue weighted by atomic mass is 9.88. The third kappa shape index (κ3) is 4.32. The Labute approximate surface area is 189 Å². The molecule has 3 aliphatic rings. The van der Waals surface area contributed by atoms with E-state index < -0.39 is 11.9 Å². The van der Waals surface area contributed by atoms with Crippen LogP contribution in [0, 0.1) is 17.8 Å². The van der Waals surface area contributed by atoms with Crippen LogP contribution in [0.3, 0.4) is 0 Å². The van der Waals surface area contributed by atoms with E-state index in [0.29, 0.717) is 27.9 Å². The Morgan fingerprint density at radius 3 is 2.44 bits per heavy atom. The predicted molar refractivity (Wildman–Crippen MR) is 118 cm³/mol. The van der Waals surface area contributed by atoms with Gasteiger partial charge in [-0.2, -0.15) is 13.2 Å². The second-order valence-corrected chi connectivity index (χ2v) is 9.74. The summed E-state index contributed by atoms with van der Waals surface area (Å²) in [5.41, 5.74) is -0.269. The van der Waals surface area contributed by atoms with Crippen molar-refractivity contribution < 1.29 is 18.0 Å². The summed E-state index contributed by atoms with van der Waals surface area (Å²) in [5.74, 6) is 1.19. The maximum atomic E-state index is 13.3. The molecule has 8 heteroatoms. The summed E-state index contributed by atoms with van der Waals surface area (Å²) in [6.07, 6.45) is 5.07. The molecule has 2 saturated carbocycles. The van der Waals surface area contributed by atoms with Crippen molar-refractivity contribution in [2.45, 2.75) is 56.8 Å². The lowest BCUT2D eigenvalue weighted by molar-refractivity contribution is -0.140. The Kier molecular flexibility index (Phi) is 5.56. The smallest absolute Gasteiger partial charge is 0.382 e. The molecule has 1 heterocycles. The van der Waals surface area contributed by atoms with Gasteiger partial charge < -0.3 is 10.6 Å². The standard InChI is InChI=1S/C24H25ClF3N3O/c25-15-3-8-20-19(11-15)21(12-22(31-20)24(26,27)28)29-16-4-6-17(7-5-16)30-23(32)18-10-13-1-2-14(18)9-13/h1-3,8,11-14,16-18H,4-7,9-10H2,(H,29,31)(H,30,32)/t13-,14+,16?,17?,18-/m0/s1. The molecule has 1 aromatic heterocycles.